The van der Waals surface area contributed by atoms with Gasteiger partial charge < -0.3 is 10.6 Å². The monoisotopic (exact) mass is 255 g/mol. The van der Waals surface area contributed by atoms with Crippen molar-refractivity contribution in [2.75, 3.05) is 32.8 Å². The van der Waals surface area contributed by atoms with Crippen molar-refractivity contribution in [1.82, 2.24) is 15.5 Å². The van der Waals surface area contributed by atoms with Crippen LogP contribution in [-0.4, -0.2) is 43.7 Å². The third-order valence-electron chi connectivity index (χ3n) is 2.85. The van der Waals surface area contributed by atoms with Gasteiger partial charge in [0.1, 0.15) is 0 Å². The summed E-state index contributed by atoms with van der Waals surface area (Å²) in [6, 6.07) is 3.13. The van der Waals surface area contributed by atoms with Crippen molar-refractivity contribution in [2.45, 2.75) is 0 Å². The number of hydrogen-bond donors (Lipinski definition) is 2. The van der Waals surface area contributed by atoms with E-state index in [0.29, 0.717) is 6.67 Å². The molecule has 1 aromatic rings. The maximum Gasteiger partial charge on any atom is 0.252 e. The van der Waals surface area contributed by atoms with Gasteiger partial charge in [0.2, 0.25) is 0 Å². The van der Waals surface area contributed by atoms with Gasteiger partial charge in [0.15, 0.2) is 11.6 Å². The maximum absolute atomic E-state index is 13.0. The molecule has 6 heteroatoms. The SMILES string of the molecule is O=C(NCN1CCNCC1)c1ccc(F)c(F)c1. The van der Waals surface area contributed by atoms with Crippen molar-refractivity contribution in [2.24, 2.45) is 0 Å². The Labute approximate surface area is 104 Å². The zero-order chi connectivity index (χ0) is 13.0. The standard InChI is InChI=1S/C12H15F2N3O/c13-10-2-1-9(7-11(10)14)12(18)16-8-17-5-3-15-4-6-17/h1-2,7,15H,3-6,8H2,(H,16,18). The van der Waals surface area contributed by atoms with E-state index < -0.39 is 17.5 Å². The molecule has 0 atom stereocenters. The van der Waals surface area contributed by atoms with Crippen molar-refractivity contribution < 1.29 is 13.6 Å². The van der Waals surface area contributed by atoms with Gasteiger partial charge in [-0.15, -0.1) is 0 Å². The molecule has 1 heterocycles. The molecule has 2 N–H and O–H groups in total. The van der Waals surface area contributed by atoms with Gasteiger partial charge in [0.25, 0.3) is 5.91 Å². The summed E-state index contributed by atoms with van der Waals surface area (Å²) < 4.78 is 25.7. The Morgan fingerprint density at radius 3 is 2.67 bits per heavy atom. The molecule has 98 valence electrons. The van der Waals surface area contributed by atoms with Crippen LogP contribution in [0.2, 0.25) is 0 Å². The summed E-state index contributed by atoms with van der Waals surface area (Å²) in [5.41, 5.74) is 0.129. The van der Waals surface area contributed by atoms with Crippen LogP contribution in [0.25, 0.3) is 0 Å². The number of carbonyl (C=O) groups is 1. The smallest absolute Gasteiger partial charge is 0.252 e. The molecule has 4 nitrogen and oxygen atoms in total. The number of halogens is 2. The van der Waals surface area contributed by atoms with Crippen molar-refractivity contribution in [3.63, 3.8) is 0 Å². The molecule has 2 rings (SSSR count). The van der Waals surface area contributed by atoms with Crippen LogP contribution in [-0.2, 0) is 0 Å². The number of nitrogens with zero attached hydrogens (tertiary/aromatic N) is 1. The Kier molecular flexibility index (Phi) is 4.22. The molecule has 0 spiro atoms. The van der Waals surface area contributed by atoms with Gasteiger partial charge in [0.05, 0.1) is 6.67 Å². The third kappa shape index (κ3) is 3.24. The van der Waals surface area contributed by atoms with Gasteiger partial charge in [0, 0.05) is 31.7 Å². The lowest BCUT2D eigenvalue weighted by atomic mass is 10.2. The summed E-state index contributed by atoms with van der Waals surface area (Å²) in [5, 5.41) is 5.89. The zero-order valence-electron chi connectivity index (χ0n) is 9.88. The van der Waals surface area contributed by atoms with Gasteiger partial charge in [-0.2, -0.15) is 0 Å². The summed E-state index contributed by atoms with van der Waals surface area (Å²) >= 11 is 0. The van der Waals surface area contributed by atoms with Crippen LogP contribution < -0.4 is 10.6 Å². The zero-order valence-corrected chi connectivity index (χ0v) is 9.88. The van der Waals surface area contributed by atoms with Crippen LogP contribution in [0.3, 0.4) is 0 Å². The number of amides is 1. The molecule has 1 aliphatic rings. The molecule has 1 aliphatic heterocycles. The molecule has 0 radical (unpaired) electrons. The topological polar surface area (TPSA) is 44.4 Å². The highest BCUT2D eigenvalue weighted by Gasteiger charge is 2.12. The molecule has 0 aliphatic carbocycles. The van der Waals surface area contributed by atoms with Gasteiger partial charge in [-0.1, -0.05) is 0 Å². The predicted octanol–water partition coefficient (Wildman–Crippen LogP) is 0.557. The van der Waals surface area contributed by atoms with Crippen LogP contribution in [0.4, 0.5) is 8.78 Å². The first-order chi connectivity index (χ1) is 8.66. The second kappa shape index (κ2) is 5.88. The molecule has 0 unspecified atom stereocenters. The van der Waals surface area contributed by atoms with Crippen molar-refractivity contribution in [3.05, 3.63) is 35.4 Å². The fourth-order valence-electron chi connectivity index (χ4n) is 1.79. The lowest BCUT2D eigenvalue weighted by molar-refractivity contribution is 0.0917. The van der Waals surface area contributed by atoms with Gasteiger partial charge in [-0.3, -0.25) is 9.69 Å². The Hall–Kier alpha value is -1.53. The highest BCUT2D eigenvalue weighted by Crippen LogP contribution is 2.08. The Morgan fingerprint density at radius 2 is 2.00 bits per heavy atom. The van der Waals surface area contributed by atoms with Crippen LogP contribution in [0, 0.1) is 11.6 Å². The number of hydrogen-bond acceptors (Lipinski definition) is 3. The summed E-state index contributed by atoms with van der Waals surface area (Å²) in [4.78, 5) is 13.8. The molecule has 1 amide bonds. The first kappa shape index (κ1) is 12.9. The number of piperazine rings is 1. The second-order valence-electron chi connectivity index (χ2n) is 4.16. The summed E-state index contributed by atoms with van der Waals surface area (Å²) in [6.07, 6.45) is 0. The fraction of sp³-hybridized carbons (Fsp3) is 0.417. The van der Waals surface area contributed by atoms with E-state index in [2.05, 4.69) is 15.5 Å². The average Bonchev–Trinajstić information content (AvgIpc) is 2.40. The number of nitrogens with one attached hydrogen (secondary N) is 2. The molecule has 0 bridgehead atoms. The summed E-state index contributed by atoms with van der Waals surface area (Å²) in [5.74, 6) is -2.36. The highest BCUT2D eigenvalue weighted by atomic mass is 19.2. The van der Waals surface area contributed by atoms with E-state index in [4.69, 9.17) is 0 Å². The first-order valence-corrected chi connectivity index (χ1v) is 5.83. The van der Waals surface area contributed by atoms with Crippen LogP contribution in [0.5, 0.6) is 0 Å². The Bertz CT molecular complexity index is 433. The number of benzene rings is 1. The van der Waals surface area contributed by atoms with E-state index in [1.54, 1.807) is 0 Å². The van der Waals surface area contributed by atoms with E-state index >= 15 is 0 Å². The first-order valence-electron chi connectivity index (χ1n) is 5.83. The second-order valence-corrected chi connectivity index (χ2v) is 4.16. The largest absolute Gasteiger partial charge is 0.339 e. The molecular weight excluding hydrogens is 240 g/mol. The molecule has 0 saturated carbocycles. The molecule has 1 saturated heterocycles. The molecule has 18 heavy (non-hydrogen) atoms. The van der Waals surface area contributed by atoms with E-state index in [-0.39, 0.29) is 5.56 Å². The van der Waals surface area contributed by atoms with Gasteiger partial charge in [-0.25, -0.2) is 8.78 Å². The van der Waals surface area contributed by atoms with Crippen molar-refractivity contribution in [1.29, 1.82) is 0 Å². The molecule has 1 aromatic carbocycles. The fourth-order valence-corrected chi connectivity index (χ4v) is 1.79. The predicted molar refractivity (Wildman–Crippen MR) is 63.1 cm³/mol. The average molecular weight is 255 g/mol. The molecule has 1 fully saturated rings. The van der Waals surface area contributed by atoms with E-state index in [1.807, 2.05) is 0 Å². The Balaban J connectivity index is 1.88. The number of rotatable bonds is 3. The van der Waals surface area contributed by atoms with Crippen molar-refractivity contribution in [3.8, 4) is 0 Å². The van der Waals surface area contributed by atoms with Crippen LogP contribution in [0.1, 0.15) is 10.4 Å². The van der Waals surface area contributed by atoms with Crippen LogP contribution in [0.15, 0.2) is 18.2 Å². The van der Waals surface area contributed by atoms with Crippen LogP contribution >= 0.6 is 0 Å². The van der Waals surface area contributed by atoms with Crippen molar-refractivity contribution >= 4 is 5.91 Å². The minimum absolute atomic E-state index is 0.129. The van der Waals surface area contributed by atoms with E-state index in [9.17, 15) is 13.6 Å². The summed E-state index contributed by atoms with van der Waals surface area (Å²) in [7, 11) is 0. The summed E-state index contributed by atoms with van der Waals surface area (Å²) in [6.45, 7) is 3.91. The molecular formula is C12H15F2N3O. The maximum atomic E-state index is 13.0. The quantitative estimate of drug-likeness (QED) is 0.829. The van der Waals surface area contributed by atoms with Gasteiger partial charge >= 0.3 is 0 Å². The van der Waals surface area contributed by atoms with E-state index in [0.717, 1.165) is 38.3 Å². The normalized spacial score (nSPS) is 16.6. The molecule has 0 aromatic heterocycles. The lowest BCUT2D eigenvalue weighted by Crippen LogP contribution is -2.48. The Morgan fingerprint density at radius 1 is 1.28 bits per heavy atom. The minimum Gasteiger partial charge on any atom is -0.339 e. The highest BCUT2D eigenvalue weighted by molar-refractivity contribution is 5.94. The number of carbonyl (C=O) groups excluding carboxylic acids is 1. The lowest BCUT2D eigenvalue weighted by Gasteiger charge is -2.27. The minimum atomic E-state index is -1.01. The van der Waals surface area contributed by atoms with E-state index in [1.165, 1.54) is 6.07 Å². The third-order valence-corrected chi connectivity index (χ3v) is 2.85. The van der Waals surface area contributed by atoms with Gasteiger partial charge in [-0.05, 0) is 18.2 Å².